The summed E-state index contributed by atoms with van der Waals surface area (Å²) in [7, 11) is 0. The third-order valence-electron chi connectivity index (χ3n) is 3.64. The molecule has 1 aromatic heterocycles. The molecule has 0 radical (unpaired) electrons. The molecule has 1 unspecified atom stereocenters. The van der Waals surface area contributed by atoms with Crippen LogP contribution in [0, 0.1) is 6.92 Å². The van der Waals surface area contributed by atoms with E-state index >= 15 is 0 Å². The largest absolute Gasteiger partial charge is 0.353 e. The number of halogens is 1. The average Bonchev–Trinajstić information content (AvgIpc) is 2.97. The monoisotopic (exact) mass is 320 g/mol. The van der Waals surface area contributed by atoms with E-state index in [1.165, 1.54) is 5.56 Å². The number of hydrogen-bond donors (Lipinski definition) is 2. The fourth-order valence-electron chi connectivity index (χ4n) is 2.57. The van der Waals surface area contributed by atoms with E-state index in [-0.39, 0.29) is 6.04 Å². The summed E-state index contributed by atoms with van der Waals surface area (Å²) >= 11 is 3.45. The Bertz CT molecular complexity index is 576. The molecule has 2 aromatic rings. The third kappa shape index (κ3) is 2.40. The molecule has 1 aliphatic rings. The number of H-pyrrole nitrogens is 1. The summed E-state index contributed by atoms with van der Waals surface area (Å²) < 4.78 is 1.08. The molecule has 1 saturated heterocycles. The van der Waals surface area contributed by atoms with Crippen LogP contribution in [-0.2, 0) is 0 Å². The van der Waals surface area contributed by atoms with E-state index in [2.05, 4.69) is 50.1 Å². The lowest BCUT2D eigenvalue weighted by Crippen LogP contribution is -2.26. The van der Waals surface area contributed by atoms with Crippen molar-refractivity contribution >= 4 is 21.7 Å². The quantitative estimate of drug-likeness (QED) is 0.894. The van der Waals surface area contributed by atoms with Gasteiger partial charge in [0, 0.05) is 29.2 Å². The zero-order valence-corrected chi connectivity index (χ0v) is 12.4. The number of hydrogen-bond acceptors (Lipinski definition) is 3. The molecular weight excluding hydrogens is 304 g/mol. The van der Waals surface area contributed by atoms with Gasteiger partial charge in [-0.15, -0.1) is 0 Å². The van der Waals surface area contributed by atoms with Gasteiger partial charge < -0.3 is 10.6 Å². The molecule has 0 bridgehead atoms. The maximum atomic E-state index is 5.96. The predicted octanol–water partition coefficient (Wildman–Crippen LogP) is 2.69. The van der Waals surface area contributed by atoms with E-state index in [1.54, 1.807) is 0 Å². The van der Waals surface area contributed by atoms with Crippen molar-refractivity contribution in [3.8, 4) is 11.3 Å². The number of anilines is 1. The summed E-state index contributed by atoms with van der Waals surface area (Å²) in [5, 5.41) is 7.62. The minimum Gasteiger partial charge on any atom is -0.353 e. The first-order chi connectivity index (χ1) is 9.15. The Balaban J connectivity index is 1.92. The zero-order chi connectivity index (χ0) is 13.4. The first kappa shape index (κ1) is 12.7. The topological polar surface area (TPSA) is 57.9 Å². The number of rotatable bonds is 2. The van der Waals surface area contributed by atoms with Crippen LogP contribution in [-0.4, -0.2) is 29.3 Å². The van der Waals surface area contributed by atoms with E-state index in [9.17, 15) is 0 Å². The Morgan fingerprint density at radius 1 is 1.37 bits per heavy atom. The fraction of sp³-hybridized carbons (Fsp3) is 0.357. The second-order valence-electron chi connectivity index (χ2n) is 5.05. The average molecular weight is 321 g/mol. The molecule has 0 amide bonds. The van der Waals surface area contributed by atoms with Crippen LogP contribution < -0.4 is 10.6 Å². The van der Waals surface area contributed by atoms with Gasteiger partial charge in [-0.2, -0.15) is 5.10 Å². The van der Waals surface area contributed by atoms with Gasteiger partial charge in [0.05, 0.1) is 5.69 Å². The number of aromatic amines is 1. The van der Waals surface area contributed by atoms with Gasteiger partial charge in [-0.3, -0.25) is 5.10 Å². The summed E-state index contributed by atoms with van der Waals surface area (Å²) in [5.41, 5.74) is 9.39. The molecule has 0 aliphatic carbocycles. The van der Waals surface area contributed by atoms with E-state index < -0.39 is 0 Å². The highest BCUT2D eigenvalue weighted by molar-refractivity contribution is 9.10. The lowest BCUT2D eigenvalue weighted by Gasteiger charge is -2.15. The van der Waals surface area contributed by atoms with Crippen LogP contribution in [0.5, 0.6) is 0 Å². The van der Waals surface area contributed by atoms with Crippen LogP contribution in [0.4, 0.5) is 5.82 Å². The van der Waals surface area contributed by atoms with Crippen LogP contribution in [0.3, 0.4) is 0 Å². The van der Waals surface area contributed by atoms with Crippen LogP contribution in [0.1, 0.15) is 12.0 Å². The molecule has 1 atom stereocenters. The van der Waals surface area contributed by atoms with E-state index in [4.69, 9.17) is 5.73 Å². The van der Waals surface area contributed by atoms with Crippen molar-refractivity contribution < 1.29 is 0 Å². The predicted molar refractivity (Wildman–Crippen MR) is 81.3 cm³/mol. The highest BCUT2D eigenvalue weighted by Crippen LogP contribution is 2.30. The molecule has 3 rings (SSSR count). The molecular formula is C14H17BrN4. The molecule has 100 valence electrons. The normalized spacial score (nSPS) is 19.1. The lowest BCUT2D eigenvalue weighted by atomic mass is 10.1. The molecule has 5 heteroatoms. The molecule has 2 heterocycles. The molecule has 19 heavy (non-hydrogen) atoms. The number of benzene rings is 1. The summed E-state index contributed by atoms with van der Waals surface area (Å²) in [6.45, 7) is 4.00. The van der Waals surface area contributed by atoms with Gasteiger partial charge in [-0.25, -0.2) is 0 Å². The van der Waals surface area contributed by atoms with Gasteiger partial charge in [-0.1, -0.05) is 28.1 Å². The number of nitrogens with two attached hydrogens (primary N) is 1. The van der Waals surface area contributed by atoms with Crippen molar-refractivity contribution in [2.75, 3.05) is 18.0 Å². The van der Waals surface area contributed by atoms with Gasteiger partial charge in [0.25, 0.3) is 0 Å². The maximum absolute atomic E-state index is 5.96. The first-order valence-electron chi connectivity index (χ1n) is 6.46. The second-order valence-corrected chi connectivity index (χ2v) is 5.96. The van der Waals surface area contributed by atoms with Crippen molar-refractivity contribution in [1.82, 2.24) is 10.2 Å². The minimum absolute atomic E-state index is 0.271. The number of nitrogens with zero attached hydrogens (tertiary/aromatic N) is 2. The van der Waals surface area contributed by atoms with E-state index in [0.29, 0.717) is 0 Å². The Hall–Kier alpha value is -1.33. The van der Waals surface area contributed by atoms with Crippen LogP contribution in [0.25, 0.3) is 11.3 Å². The Morgan fingerprint density at radius 2 is 2.11 bits per heavy atom. The smallest absolute Gasteiger partial charge is 0.153 e. The van der Waals surface area contributed by atoms with Crippen molar-refractivity contribution in [2.45, 2.75) is 19.4 Å². The SMILES string of the molecule is Cc1c(N2CCC(N)C2)n[nH]c1-c1ccc(Br)cc1. The zero-order valence-electron chi connectivity index (χ0n) is 10.9. The molecule has 0 spiro atoms. The molecule has 1 aliphatic heterocycles. The van der Waals surface area contributed by atoms with Gasteiger partial charge in [0.2, 0.25) is 0 Å². The Kier molecular flexibility index (Phi) is 3.33. The standard InChI is InChI=1S/C14H17BrN4/c1-9-13(10-2-4-11(15)5-3-10)17-18-14(9)19-7-6-12(16)8-19/h2-5,12H,6-8,16H2,1H3,(H,17,18). The molecule has 0 saturated carbocycles. The fourth-order valence-corrected chi connectivity index (χ4v) is 2.84. The van der Waals surface area contributed by atoms with Crippen LogP contribution in [0.2, 0.25) is 0 Å². The maximum Gasteiger partial charge on any atom is 0.153 e. The Morgan fingerprint density at radius 3 is 2.74 bits per heavy atom. The molecule has 3 N–H and O–H groups in total. The molecule has 1 aromatic carbocycles. The molecule has 1 fully saturated rings. The van der Waals surface area contributed by atoms with Crippen molar-refractivity contribution in [3.63, 3.8) is 0 Å². The van der Waals surface area contributed by atoms with Gasteiger partial charge in [0.1, 0.15) is 0 Å². The minimum atomic E-state index is 0.271. The summed E-state index contributed by atoms with van der Waals surface area (Å²) in [6, 6.07) is 8.53. The third-order valence-corrected chi connectivity index (χ3v) is 4.17. The highest BCUT2D eigenvalue weighted by atomic mass is 79.9. The summed E-state index contributed by atoms with van der Waals surface area (Å²) in [4.78, 5) is 2.26. The number of nitrogens with one attached hydrogen (secondary N) is 1. The van der Waals surface area contributed by atoms with Crippen molar-refractivity contribution in [2.24, 2.45) is 5.73 Å². The van der Waals surface area contributed by atoms with Gasteiger partial charge in [0.15, 0.2) is 5.82 Å². The molecule has 4 nitrogen and oxygen atoms in total. The van der Waals surface area contributed by atoms with Crippen molar-refractivity contribution in [1.29, 1.82) is 0 Å². The summed E-state index contributed by atoms with van der Waals surface area (Å²) in [6.07, 6.45) is 1.04. The first-order valence-corrected chi connectivity index (χ1v) is 7.26. The lowest BCUT2D eigenvalue weighted by molar-refractivity contribution is 0.751. The van der Waals surface area contributed by atoms with Crippen LogP contribution >= 0.6 is 15.9 Å². The summed E-state index contributed by atoms with van der Waals surface area (Å²) in [5.74, 6) is 1.03. The highest BCUT2D eigenvalue weighted by Gasteiger charge is 2.23. The second kappa shape index (κ2) is 4.98. The Labute approximate surface area is 121 Å². The number of aromatic nitrogens is 2. The van der Waals surface area contributed by atoms with E-state index in [0.717, 1.165) is 41.1 Å². The van der Waals surface area contributed by atoms with E-state index in [1.807, 2.05) is 12.1 Å². The van der Waals surface area contributed by atoms with Gasteiger partial charge in [-0.05, 0) is 31.0 Å². The van der Waals surface area contributed by atoms with Gasteiger partial charge >= 0.3 is 0 Å². The van der Waals surface area contributed by atoms with Crippen molar-refractivity contribution in [3.05, 3.63) is 34.3 Å². The van der Waals surface area contributed by atoms with Crippen LogP contribution in [0.15, 0.2) is 28.7 Å².